The minimum absolute atomic E-state index is 0.0935. The molecule has 0 amide bonds. The molecule has 0 aliphatic heterocycles. The Bertz CT molecular complexity index is 474. The molecule has 0 atom stereocenters. The van der Waals surface area contributed by atoms with Gasteiger partial charge in [0.05, 0.1) is 5.75 Å². The van der Waals surface area contributed by atoms with E-state index < -0.39 is 9.84 Å². The van der Waals surface area contributed by atoms with Gasteiger partial charge in [-0.2, -0.15) is 0 Å². The molecule has 1 aromatic rings. The SMILES string of the molecule is CS(=O)(=O)CCSc1cccc(F)c1CCN. The van der Waals surface area contributed by atoms with Crippen LogP contribution in [0.1, 0.15) is 5.56 Å². The first-order valence-electron chi connectivity index (χ1n) is 5.22. The zero-order valence-electron chi connectivity index (χ0n) is 9.65. The minimum Gasteiger partial charge on any atom is -0.330 e. The van der Waals surface area contributed by atoms with Crippen molar-refractivity contribution in [3.05, 3.63) is 29.6 Å². The largest absolute Gasteiger partial charge is 0.330 e. The fraction of sp³-hybridized carbons (Fsp3) is 0.455. The maximum Gasteiger partial charge on any atom is 0.148 e. The molecule has 0 heterocycles. The van der Waals surface area contributed by atoms with Gasteiger partial charge in [0.15, 0.2) is 0 Å². The quantitative estimate of drug-likeness (QED) is 0.800. The van der Waals surface area contributed by atoms with E-state index in [1.165, 1.54) is 24.1 Å². The average Bonchev–Trinajstić information content (AvgIpc) is 2.21. The molecular formula is C11H16FNO2S2. The summed E-state index contributed by atoms with van der Waals surface area (Å²) in [6, 6.07) is 4.81. The summed E-state index contributed by atoms with van der Waals surface area (Å²) in [6.07, 6.45) is 1.66. The summed E-state index contributed by atoms with van der Waals surface area (Å²) >= 11 is 1.35. The molecule has 0 radical (unpaired) electrons. The third kappa shape index (κ3) is 5.06. The van der Waals surface area contributed by atoms with Crippen LogP contribution in [0.5, 0.6) is 0 Å². The van der Waals surface area contributed by atoms with Crippen molar-refractivity contribution >= 4 is 21.6 Å². The molecule has 1 aromatic carbocycles. The van der Waals surface area contributed by atoms with Gasteiger partial charge >= 0.3 is 0 Å². The first kappa shape index (κ1) is 14.5. The lowest BCUT2D eigenvalue weighted by atomic mass is 10.1. The molecule has 2 N–H and O–H groups in total. The van der Waals surface area contributed by atoms with Crippen molar-refractivity contribution in [1.82, 2.24) is 0 Å². The topological polar surface area (TPSA) is 60.2 Å². The van der Waals surface area contributed by atoms with Crippen LogP contribution in [0.2, 0.25) is 0 Å². The molecule has 0 unspecified atom stereocenters. The molecule has 0 fully saturated rings. The van der Waals surface area contributed by atoms with Gasteiger partial charge in [-0.3, -0.25) is 0 Å². The van der Waals surface area contributed by atoms with Crippen LogP contribution < -0.4 is 5.73 Å². The highest BCUT2D eigenvalue weighted by atomic mass is 32.2. The Labute approximate surface area is 106 Å². The Morgan fingerprint density at radius 3 is 2.71 bits per heavy atom. The third-order valence-electron chi connectivity index (χ3n) is 2.18. The summed E-state index contributed by atoms with van der Waals surface area (Å²) < 4.78 is 35.5. The molecule has 6 heteroatoms. The maximum atomic E-state index is 13.5. The van der Waals surface area contributed by atoms with Gasteiger partial charge in [-0.15, -0.1) is 11.8 Å². The van der Waals surface area contributed by atoms with Gasteiger partial charge in [-0.1, -0.05) is 6.07 Å². The van der Waals surface area contributed by atoms with E-state index in [1.807, 2.05) is 0 Å². The Morgan fingerprint density at radius 2 is 2.12 bits per heavy atom. The molecule has 3 nitrogen and oxygen atoms in total. The van der Waals surface area contributed by atoms with E-state index >= 15 is 0 Å². The average molecular weight is 277 g/mol. The number of benzene rings is 1. The van der Waals surface area contributed by atoms with Gasteiger partial charge < -0.3 is 5.73 Å². The zero-order chi connectivity index (χ0) is 12.9. The van der Waals surface area contributed by atoms with E-state index in [0.717, 1.165) is 4.90 Å². The number of sulfone groups is 1. The lowest BCUT2D eigenvalue weighted by Crippen LogP contribution is -2.08. The third-order valence-corrected chi connectivity index (χ3v) is 4.49. The molecular weight excluding hydrogens is 261 g/mol. The van der Waals surface area contributed by atoms with Crippen molar-refractivity contribution in [3.8, 4) is 0 Å². The van der Waals surface area contributed by atoms with Crippen LogP contribution in [0.4, 0.5) is 4.39 Å². The molecule has 0 spiro atoms. The van der Waals surface area contributed by atoms with Crippen molar-refractivity contribution in [1.29, 1.82) is 0 Å². The van der Waals surface area contributed by atoms with Crippen LogP contribution in [0.3, 0.4) is 0 Å². The minimum atomic E-state index is -2.97. The molecule has 0 bridgehead atoms. The van der Waals surface area contributed by atoms with Gasteiger partial charge in [0.2, 0.25) is 0 Å². The number of rotatable bonds is 6. The van der Waals surface area contributed by atoms with Crippen LogP contribution in [0.25, 0.3) is 0 Å². The summed E-state index contributed by atoms with van der Waals surface area (Å²) in [5.41, 5.74) is 6.00. The van der Waals surface area contributed by atoms with Crippen molar-refractivity contribution < 1.29 is 12.8 Å². The van der Waals surface area contributed by atoms with Crippen LogP contribution in [-0.4, -0.2) is 32.7 Å². The summed E-state index contributed by atoms with van der Waals surface area (Å²) in [7, 11) is -2.97. The molecule has 96 valence electrons. The first-order chi connectivity index (χ1) is 7.94. The normalized spacial score (nSPS) is 11.7. The Morgan fingerprint density at radius 1 is 1.41 bits per heavy atom. The van der Waals surface area contributed by atoms with Gasteiger partial charge in [0.25, 0.3) is 0 Å². The summed E-state index contributed by atoms with van der Waals surface area (Å²) in [5.74, 6) is 0.246. The standard InChI is InChI=1S/C11H16FNO2S2/c1-17(14,15)8-7-16-11-4-2-3-10(12)9(11)5-6-13/h2-4H,5-8,13H2,1H3. The van der Waals surface area contributed by atoms with Gasteiger partial charge in [0.1, 0.15) is 15.7 Å². The number of nitrogens with two attached hydrogens (primary N) is 1. The summed E-state index contributed by atoms with van der Waals surface area (Å²) in [4.78, 5) is 0.777. The van der Waals surface area contributed by atoms with Crippen LogP contribution >= 0.6 is 11.8 Å². The highest BCUT2D eigenvalue weighted by Crippen LogP contribution is 2.25. The Balaban J connectivity index is 2.73. The fourth-order valence-electron chi connectivity index (χ4n) is 1.36. The lowest BCUT2D eigenvalue weighted by Gasteiger charge is -2.08. The molecule has 0 saturated carbocycles. The van der Waals surface area contributed by atoms with Crippen LogP contribution in [0.15, 0.2) is 23.1 Å². The Hall–Kier alpha value is -0.590. The molecule has 17 heavy (non-hydrogen) atoms. The predicted molar refractivity (Wildman–Crippen MR) is 69.6 cm³/mol. The van der Waals surface area contributed by atoms with Gasteiger partial charge in [-0.05, 0) is 25.1 Å². The van der Waals surface area contributed by atoms with E-state index in [1.54, 1.807) is 12.1 Å². The molecule has 1 rings (SSSR count). The summed E-state index contributed by atoms with van der Waals surface area (Å²) in [6.45, 7) is 0.376. The number of hydrogen-bond donors (Lipinski definition) is 1. The van der Waals surface area contributed by atoms with Crippen molar-refractivity contribution in [3.63, 3.8) is 0 Å². The maximum absolute atomic E-state index is 13.5. The first-order valence-corrected chi connectivity index (χ1v) is 8.26. The monoisotopic (exact) mass is 277 g/mol. The van der Waals surface area contributed by atoms with Gasteiger partial charge in [-0.25, -0.2) is 12.8 Å². The second-order valence-electron chi connectivity index (χ2n) is 3.73. The summed E-state index contributed by atoms with van der Waals surface area (Å²) in [5, 5.41) is 0. The smallest absolute Gasteiger partial charge is 0.148 e. The van der Waals surface area contributed by atoms with E-state index in [4.69, 9.17) is 5.73 Å². The second kappa shape index (κ2) is 6.37. The van der Waals surface area contributed by atoms with E-state index in [9.17, 15) is 12.8 Å². The van der Waals surface area contributed by atoms with Gasteiger partial charge in [0, 0.05) is 22.5 Å². The Kier molecular flexibility index (Phi) is 5.42. The number of halogens is 1. The van der Waals surface area contributed by atoms with Crippen LogP contribution in [-0.2, 0) is 16.3 Å². The highest BCUT2D eigenvalue weighted by molar-refractivity contribution is 8.00. The molecule has 0 saturated heterocycles. The molecule has 0 aliphatic rings. The van der Waals surface area contributed by atoms with E-state index in [-0.39, 0.29) is 11.6 Å². The molecule has 0 aliphatic carbocycles. The number of thioether (sulfide) groups is 1. The van der Waals surface area contributed by atoms with E-state index in [0.29, 0.717) is 24.3 Å². The highest BCUT2D eigenvalue weighted by Gasteiger charge is 2.09. The van der Waals surface area contributed by atoms with Crippen molar-refractivity contribution in [2.45, 2.75) is 11.3 Å². The number of hydrogen-bond acceptors (Lipinski definition) is 4. The zero-order valence-corrected chi connectivity index (χ0v) is 11.3. The van der Waals surface area contributed by atoms with Crippen molar-refractivity contribution in [2.75, 3.05) is 24.3 Å². The fourth-order valence-corrected chi connectivity index (χ4v) is 3.68. The lowest BCUT2D eigenvalue weighted by molar-refractivity contribution is 0.603. The predicted octanol–water partition coefficient (Wildman–Crippen LogP) is 1.46. The molecule has 0 aromatic heterocycles. The van der Waals surface area contributed by atoms with Crippen molar-refractivity contribution in [2.24, 2.45) is 5.73 Å². The second-order valence-corrected chi connectivity index (χ2v) is 7.13. The van der Waals surface area contributed by atoms with E-state index in [2.05, 4.69) is 0 Å². The van der Waals surface area contributed by atoms with Crippen LogP contribution in [0, 0.1) is 5.82 Å².